The van der Waals surface area contributed by atoms with Crippen molar-refractivity contribution in [2.24, 2.45) is 23.7 Å². The van der Waals surface area contributed by atoms with Crippen LogP contribution in [0.4, 0.5) is 4.39 Å². The molecule has 122 valence electrons. The molecule has 0 aromatic heterocycles. The number of allylic oxidation sites excluding steroid dienone is 1. The Morgan fingerprint density at radius 3 is 2.00 bits per heavy atom. The molecular formula is C20H35F. The first-order valence-corrected chi connectivity index (χ1v) is 9.60. The molecule has 2 aliphatic carbocycles. The Hall–Kier alpha value is -0.330. The minimum absolute atomic E-state index is 0.529. The molecule has 2 rings (SSSR count). The number of rotatable bonds is 7. The standard InChI is InChI=1S/C20H35F/c1-2-3-4-5-6-17-7-11-19(12-8-17)20-13-9-18(10-14-20)15-16-21/h15-20H,2-14H2,1H3/b16-15+. The van der Waals surface area contributed by atoms with E-state index in [1.54, 1.807) is 6.08 Å². The van der Waals surface area contributed by atoms with E-state index in [2.05, 4.69) is 6.92 Å². The van der Waals surface area contributed by atoms with Gasteiger partial charge in [-0.2, -0.15) is 0 Å². The Labute approximate surface area is 131 Å². The first-order valence-electron chi connectivity index (χ1n) is 9.60. The summed E-state index contributed by atoms with van der Waals surface area (Å²) in [6.45, 7) is 2.29. The molecular weight excluding hydrogens is 259 g/mol. The average molecular weight is 294 g/mol. The molecule has 0 radical (unpaired) electrons. The topological polar surface area (TPSA) is 0 Å². The second kappa shape index (κ2) is 9.64. The van der Waals surface area contributed by atoms with Gasteiger partial charge in [-0.15, -0.1) is 0 Å². The monoisotopic (exact) mass is 294 g/mol. The predicted octanol–water partition coefficient (Wildman–Crippen LogP) is 7.05. The fourth-order valence-electron chi connectivity index (χ4n) is 4.72. The van der Waals surface area contributed by atoms with E-state index in [1.807, 2.05) is 0 Å². The summed E-state index contributed by atoms with van der Waals surface area (Å²) < 4.78 is 12.2. The largest absolute Gasteiger partial charge is 0.216 e. The Kier molecular flexibility index (Phi) is 7.82. The van der Waals surface area contributed by atoms with E-state index in [0.29, 0.717) is 5.92 Å². The van der Waals surface area contributed by atoms with E-state index in [-0.39, 0.29) is 0 Å². The zero-order chi connectivity index (χ0) is 14.9. The summed E-state index contributed by atoms with van der Waals surface area (Å²) in [5.74, 6) is 3.51. The predicted molar refractivity (Wildman–Crippen MR) is 89.9 cm³/mol. The lowest BCUT2D eigenvalue weighted by Gasteiger charge is -2.37. The molecule has 2 fully saturated rings. The summed E-state index contributed by atoms with van der Waals surface area (Å²) in [5.41, 5.74) is 0. The first-order chi connectivity index (χ1) is 10.3. The Balaban J connectivity index is 1.61. The maximum Gasteiger partial charge on any atom is 0.0829 e. The Morgan fingerprint density at radius 1 is 0.810 bits per heavy atom. The maximum absolute atomic E-state index is 12.2. The molecule has 2 saturated carbocycles. The second-order valence-electron chi connectivity index (χ2n) is 7.62. The van der Waals surface area contributed by atoms with Crippen molar-refractivity contribution in [1.82, 2.24) is 0 Å². The zero-order valence-electron chi connectivity index (χ0n) is 14.0. The minimum Gasteiger partial charge on any atom is -0.216 e. The van der Waals surface area contributed by atoms with Crippen LogP contribution in [0.5, 0.6) is 0 Å². The van der Waals surface area contributed by atoms with Gasteiger partial charge in [-0.25, -0.2) is 4.39 Å². The highest BCUT2D eigenvalue weighted by atomic mass is 19.1. The maximum atomic E-state index is 12.2. The summed E-state index contributed by atoms with van der Waals surface area (Å²) in [5, 5.41) is 0. The molecule has 0 atom stereocenters. The SMILES string of the molecule is CCCCCCC1CCC(C2CCC(/C=C/F)CC2)CC1. The molecule has 0 saturated heterocycles. The van der Waals surface area contributed by atoms with E-state index < -0.39 is 0 Å². The zero-order valence-corrected chi connectivity index (χ0v) is 14.0. The Morgan fingerprint density at radius 2 is 1.43 bits per heavy atom. The quantitative estimate of drug-likeness (QED) is 0.441. The molecule has 0 aliphatic heterocycles. The summed E-state index contributed by atoms with van der Waals surface area (Å²) in [6, 6.07) is 0. The fraction of sp³-hybridized carbons (Fsp3) is 0.900. The molecule has 0 N–H and O–H groups in total. The van der Waals surface area contributed by atoms with Crippen molar-refractivity contribution in [3.63, 3.8) is 0 Å². The van der Waals surface area contributed by atoms with Gasteiger partial charge in [0, 0.05) is 0 Å². The molecule has 1 heteroatoms. The first kappa shape index (κ1) is 17.0. The third kappa shape index (κ3) is 5.75. The lowest BCUT2D eigenvalue weighted by Crippen LogP contribution is -2.25. The molecule has 0 amide bonds. The molecule has 0 heterocycles. The van der Waals surface area contributed by atoms with Gasteiger partial charge in [0.05, 0.1) is 6.33 Å². The van der Waals surface area contributed by atoms with Crippen molar-refractivity contribution in [3.05, 3.63) is 12.4 Å². The lowest BCUT2D eigenvalue weighted by atomic mass is 9.68. The molecule has 2 aliphatic rings. The average Bonchev–Trinajstić information content (AvgIpc) is 2.53. The van der Waals surface area contributed by atoms with Crippen LogP contribution in [-0.4, -0.2) is 0 Å². The van der Waals surface area contributed by atoms with Gasteiger partial charge < -0.3 is 0 Å². The van der Waals surface area contributed by atoms with Crippen molar-refractivity contribution in [1.29, 1.82) is 0 Å². The van der Waals surface area contributed by atoms with Crippen LogP contribution in [0.25, 0.3) is 0 Å². The molecule has 0 unspecified atom stereocenters. The molecule has 0 bridgehead atoms. The van der Waals surface area contributed by atoms with Crippen molar-refractivity contribution in [2.75, 3.05) is 0 Å². The van der Waals surface area contributed by atoms with Crippen molar-refractivity contribution < 1.29 is 4.39 Å². The number of unbranched alkanes of at least 4 members (excludes halogenated alkanes) is 3. The van der Waals surface area contributed by atoms with Crippen LogP contribution in [0.3, 0.4) is 0 Å². The van der Waals surface area contributed by atoms with Crippen LogP contribution >= 0.6 is 0 Å². The molecule has 0 spiro atoms. The van der Waals surface area contributed by atoms with E-state index in [1.165, 1.54) is 83.5 Å². The summed E-state index contributed by atoms with van der Waals surface area (Å²) in [6.07, 6.45) is 20.8. The van der Waals surface area contributed by atoms with Crippen LogP contribution < -0.4 is 0 Å². The minimum atomic E-state index is 0.529. The van der Waals surface area contributed by atoms with Gasteiger partial charge in [-0.1, -0.05) is 57.9 Å². The van der Waals surface area contributed by atoms with Crippen molar-refractivity contribution in [2.45, 2.75) is 90.4 Å². The summed E-state index contributed by atoms with van der Waals surface area (Å²) in [4.78, 5) is 0. The second-order valence-corrected chi connectivity index (χ2v) is 7.62. The van der Waals surface area contributed by atoms with E-state index in [4.69, 9.17) is 0 Å². The van der Waals surface area contributed by atoms with Crippen molar-refractivity contribution in [3.8, 4) is 0 Å². The van der Waals surface area contributed by atoms with Gasteiger partial charge in [0.1, 0.15) is 0 Å². The Bertz CT molecular complexity index is 280. The molecule has 0 aromatic rings. The van der Waals surface area contributed by atoms with Crippen LogP contribution in [0.1, 0.15) is 90.4 Å². The summed E-state index contributed by atoms with van der Waals surface area (Å²) >= 11 is 0. The van der Waals surface area contributed by atoms with Crippen molar-refractivity contribution >= 4 is 0 Å². The highest BCUT2D eigenvalue weighted by Gasteiger charge is 2.30. The lowest BCUT2D eigenvalue weighted by molar-refractivity contribution is 0.151. The third-order valence-corrected chi connectivity index (χ3v) is 6.19. The van der Waals surface area contributed by atoms with E-state index >= 15 is 0 Å². The van der Waals surface area contributed by atoms with Gasteiger partial charge in [0.2, 0.25) is 0 Å². The van der Waals surface area contributed by atoms with E-state index in [0.717, 1.165) is 24.1 Å². The fourth-order valence-corrected chi connectivity index (χ4v) is 4.72. The van der Waals surface area contributed by atoms with Gasteiger partial charge in [0.15, 0.2) is 0 Å². The molecule has 21 heavy (non-hydrogen) atoms. The van der Waals surface area contributed by atoms with Crippen LogP contribution in [0, 0.1) is 23.7 Å². The normalized spacial score (nSPS) is 34.4. The van der Waals surface area contributed by atoms with Gasteiger partial charge >= 0.3 is 0 Å². The van der Waals surface area contributed by atoms with Crippen LogP contribution in [0.15, 0.2) is 12.4 Å². The van der Waals surface area contributed by atoms with E-state index in [9.17, 15) is 4.39 Å². The highest BCUT2D eigenvalue weighted by molar-refractivity contribution is 4.89. The third-order valence-electron chi connectivity index (χ3n) is 6.19. The smallest absolute Gasteiger partial charge is 0.0829 e. The highest BCUT2D eigenvalue weighted by Crippen LogP contribution is 2.42. The van der Waals surface area contributed by atoms with Crippen LogP contribution in [-0.2, 0) is 0 Å². The number of hydrogen-bond acceptors (Lipinski definition) is 0. The van der Waals surface area contributed by atoms with Crippen LogP contribution in [0.2, 0.25) is 0 Å². The number of hydrogen-bond donors (Lipinski definition) is 0. The van der Waals surface area contributed by atoms with Gasteiger partial charge in [-0.05, 0) is 62.2 Å². The van der Waals surface area contributed by atoms with Gasteiger partial charge in [-0.3, -0.25) is 0 Å². The van der Waals surface area contributed by atoms with Gasteiger partial charge in [0.25, 0.3) is 0 Å². The summed E-state index contributed by atoms with van der Waals surface area (Å²) in [7, 11) is 0. The molecule has 0 nitrogen and oxygen atoms in total. The number of halogens is 1. The molecule has 0 aromatic carbocycles.